The number of phenolic OH excluding ortho intramolecular Hbond substituents is 1. The fraction of sp³-hybridized carbons (Fsp3) is 0.0714. The Hall–Kier alpha value is -1.88. The lowest BCUT2D eigenvalue weighted by atomic mass is 10.1. The van der Waals surface area contributed by atoms with E-state index in [0.717, 1.165) is 5.56 Å². The Bertz CT molecular complexity index is 643. The first-order valence-corrected chi connectivity index (χ1v) is 6.32. The smallest absolute Gasteiger partial charge is 0.255 e. The molecule has 2 aromatic carbocycles. The molecule has 0 saturated carbocycles. The number of amides is 1. The summed E-state index contributed by atoms with van der Waals surface area (Å²) in [5.74, 6) is -1.02. The minimum absolute atomic E-state index is 0.0441. The van der Waals surface area contributed by atoms with Crippen LogP contribution < -0.4 is 5.32 Å². The van der Waals surface area contributed by atoms with E-state index in [1.54, 1.807) is 25.1 Å². The van der Waals surface area contributed by atoms with E-state index in [9.17, 15) is 14.3 Å². The van der Waals surface area contributed by atoms with Crippen molar-refractivity contribution >= 4 is 27.5 Å². The topological polar surface area (TPSA) is 49.3 Å². The lowest BCUT2D eigenvalue weighted by molar-refractivity contribution is 0.102. The first kappa shape index (κ1) is 13.5. The molecular weight excluding hydrogens is 313 g/mol. The van der Waals surface area contributed by atoms with E-state index in [1.807, 2.05) is 0 Å². The summed E-state index contributed by atoms with van der Waals surface area (Å²) >= 11 is 3.12. The number of rotatable bonds is 2. The monoisotopic (exact) mass is 323 g/mol. The fourth-order valence-electron chi connectivity index (χ4n) is 1.58. The van der Waals surface area contributed by atoms with Gasteiger partial charge in [-0.1, -0.05) is 6.07 Å². The molecule has 5 heteroatoms. The molecule has 19 heavy (non-hydrogen) atoms. The number of aromatic hydroxyl groups is 1. The van der Waals surface area contributed by atoms with E-state index >= 15 is 0 Å². The SMILES string of the molecule is Cc1ccc(F)c(NC(=O)c2ccc(Br)c(O)c2)c1. The van der Waals surface area contributed by atoms with Gasteiger partial charge in [-0.25, -0.2) is 4.39 Å². The molecule has 3 nitrogen and oxygen atoms in total. The van der Waals surface area contributed by atoms with E-state index in [1.165, 1.54) is 18.2 Å². The highest BCUT2D eigenvalue weighted by atomic mass is 79.9. The van der Waals surface area contributed by atoms with Crippen LogP contribution in [0.25, 0.3) is 0 Å². The van der Waals surface area contributed by atoms with Crippen LogP contribution >= 0.6 is 15.9 Å². The molecule has 0 aliphatic carbocycles. The Kier molecular flexibility index (Phi) is 3.85. The summed E-state index contributed by atoms with van der Waals surface area (Å²) < 4.78 is 14.0. The second-order valence-corrected chi connectivity index (χ2v) is 4.96. The highest BCUT2D eigenvalue weighted by Crippen LogP contribution is 2.25. The third-order valence-corrected chi connectivity index (χ3v) is 3.25. The molecular formula is C14H11BrFNO2. The Morgan fingerprint density at radius 1 is 1.26 bits per heavy atom. The maximum Gasteiger partial charge on any atom is 0.255 e. The molecule has 0 saturated heterocycles. The zero-order chi connectivity index (χ0) is 14.0. The van der Waals surface area contributed by atoms with Gasteiger partial charge in [0.1, 0.15) is 11.6 Å². The summed E-state index contributed by atoms with van der Waals surface area (Å²) in [6.45, 7) is 1.81. The van der Waals surface area contributed by atoms with Crippen molar-refractivity contribution in [2.75, 3.05) is 5.32 Å². The van der Waals surface area contributed by atoms with E-state index in [-0.39, 0.29) is 17.0 Å². The highest BCUT2D eigenvalue weighted by molar-refractivity contribution is 9.10. The van der Waals surface area contributed by atoms with Crippen LogP contribution in [0.2, 0.25) is 0 Å². The molecule has 2 N–H and O–H groups in total. The molecule has 0 heterocycles. The van der Waals surface area contributed by atoms with Gasteiger partial charge in [0.15, 0.2) is 0 Å². The van der Waals surface area contributed by atoms with Crippen LogP contribution in [0.4, 0.5) is 10.1 Å². The van der Waals surface area contributed by atoms with Gasteiger partial charge in [0.25, 0.3) is 5.91 Å². The zero-order valence-corrected chi connectivity index (χ0v) is 11.7. The van der Waals surface area contributed by atoms with Gasteiger partial charge in [-0.2, -0.15) is 0 Å². The van der Waals surface area contributed by atoms with Crippen molar-refractivity contribution in [3.05, 3.63) is 57.8 Å². The first-order chi connectivity index (χ1) is 8.97. The third kappa shape index (κ3) is 3.12. The molecule has 0 atom stereocenters. The molecule has 0 aliphatic rings. The fourth-order valence-corrected chi connectivity index (χ4v) is 1.83. The first-order valence-electron chi connectivity index (χ1n) is 5.53. The lowest BCUT2D eigenvalue weighted by Gasteiger charge is -2.08. The molecule has 1 amide bonds. The quantitative estimate of drug-likeness (QED) is 0.881. The van der Waals surface area contributed by atoms with E-state index < -0.39 is 11.7 Å². The number of benzene rings is 2. The molecule has 0 aliphatic heterocycles. The van der Waals surface area contributed by atoms with E-state index in [4.69, 9.17) is 0 Å². The normalized spacial score (nSPS) is 10.3. The number of hydrogen-bond acceptors (Lipinski definition) is 2. The molecule has 0 radical (unpaired) electrons. The van der Waals surface area contributed by atoms with Gasteiger partial charge < -0.3 is 10.4 Å². The molecule has 0 bridgehead atoms. The van der Waals surface area contributed by atoms with Crippen molar-refractivity contribution in [1.29, 1.82) is 0 Å². The Morgan fingerprint density at radius 2 is 2.00 bits per heavy atom. The van der Waals surface area contributed by atoms with Gasteiger partial charge in [-0.05, 0) is 58.7 Å². The predicted molar refractivity (Wildman–Crippen MR) is 74.9 cm³/mol. The van der Waals surface area contributed by atoms with Gasteiger partial charge in [0, 0.05) is 5.56 Å². The van der Waals surface area contributed by atoms with Gasteiger partial charge >= 0.3 is 0 Å². The Balaban J connectivity index is 2.25. The summed E-state index contributed by atoms with van der Waals surface area (Å²) in [7, 11) is 0. The van der Waals surface area contributed by atoms with Gasteiger partial charge in [0.05, 0.1) is 10.2 Å². The van der Waals surface area contributed by atoms with Gasteiger partial charge in [-0.3, -0.25) is 4.79 Å². The standard InChI is InChI=1S/C14H11BrFNO2/c1-8-2-5-11(16)12(6-8)17-14(19)9-3-4-10(15)13(18)7-9/h2-7,18H,1H3,(H,17,19). The molecule has 0 aromatic heterocycles. The van der Waals surface area contributed by atoms with Crippen LogP contribution in [0.3, 0.4) is 0 Å². The zero-order valence-electron chi connectivity index (χ0n) is 10.1. The molecule has 2 aromatic rings. The van der Waals surface area contributed by atoms with Gasteiger partial charge in [0.2, 0.25) is 0 Å². The van der Waals surface area contributed by atoms with Crippen LogP contribution in [0.15, 0.2) is 40.9 Å². The number of anilines is 1. The third-order valence-electron chi connectivity index (χ3n) is 2.58. The number of carbonyl (C=O) groups is 1. The van der Waals surface area contributed by atoms with Crippen molar-refractivity contribution in [2.24, 2.45) is 0 Å². The van der Waals surface area contributed by atoms with E-state index in [0.29, 0.717) is 4.47 Å². The average molecular weight is 324 g/mol. The minimum atomic E-state index is -0.500. The summed E-state index contributed by atoms with van der Waals surface area (Å²) in [5, 5.41) is 12.0. The largest absolute Gasteiger partial charge is 0.507 e. The maximum atomic E-state index is 13.5. The molecule has 2 rings (SSSR count). The lowest BCUT2D eigenvalue weighted by Crippen LogP contribution is -2.13. The minimum Gasteiger partial charge on any atom is -0.507 e. The Morgan fingerprint density at radius 3 is 2.68 bits per heavy atom. The molecule has 98 valence electrons. The highest BCUT2D eigenvalue weighted by Gasteiger charge is 2.11. The van der Waals surface area contributed by atoms with Crippen molar-refractivity contribution in [3.8, 4) is 5.75 Å². The van der Waals surface area contributed by atoms with Crippen LogP contribution in [0.5, 0.6) is 5.75 Å². The second-order valence-electron chi connectivity index (χ2n) is 4.10. The summed E-state index contributed by atoms with van der Waals surface area (Å²) in [5.41, 5.74) is 1.21. The maximum absolute atomic E-state index is 13.5. The number of halogens is 2. The second kappa shape index (κ2) is 5.40. The van der Waals surface area contributed by atoms with Gasteiger partial charge in [-0.15, -0.1) is 0 Å². The summed E-state index contributed by atoms with van der Waals surface area (Å²) in [6, 6.07) is 8.86. The van der Waals surface area contributed by atoms with Crippen molar-refractivity contribution < 1.29 is 14.3 Å². The molecule has 0 spiro atoms. The van der Waals surface area contributed by atoms with Crippen LogP contribution in [-0.2, 0) is 0 Å². The average Bonchev–Trinajstić information content (AvgIpc) is 2.37. The number of carbonyl (C=O) groups excluding carboxylic acids is 1. The van der Waals surface area contributed by atoms with Crippen LogP contribution in [0, 0.1) is 12.7 Å². The summed E-state index contributed by atoms with van der Waals surface area (Å²) in [6.07, 6.45) is 0. The number of aryl methyl sites for hydroxylation is 1. The number of phenols is 1. The van der Waals surface area contributed by atoms with Crippen molar-refractivity contribution in [2.45, 2.75) is 6.92 Å². The molecule has 0 unspecified atom stereocenters. The number of hydrogen-bond donors (Lipinski definition) is 2. The predicted octanol–water partition coefficient (Wildman–Crippen LogP) is 3.85. The van der Waals surface area contributed by atoms with Crippen LogP contribution in [-0.4, -0.2) is 11.0 Å². The number of nitrogens with one attached hydrogen (secondary N) is 1. The van der Waals surface area contributed by atoms with Crippen molar-refractivity contribution in [1.82, 2.24) is 0 Å². The Labute approximate surface area is 118 Å². The van der Waals surface area contributed by atoms with E-state index in [2.05, 4.69) is 21.2 Å². The molecule has 0 fully saturated rings. The summed E-state index contributed by atoms with van der Waals surface area (Å²) in [4.78, 5) is 11.9. The van der Waals surface area contributed by atoms with Crippen LogP contribution in [0.1, 0.15) is 15.9 Å². The van der Waals surface area contributed by atoms with Crippen molar-refractivity contribution in [3.63, 3.8) is 0 Å².